The van der Waals surface area contributed by atoms with Gasteiger partial charge < -0.3 is 10.1 Å². The number of halogens is 1. The van der Waals surface area contributed by atoms with Crippen molar-refractivity contribution < 1.29 is 13.9 Å². The first-order chi connectivity index (χ1) is 12.5. The number of hydrogen-bond donors (Lipinski definition) is 1. The number of nitrogens with one attached hydrogen (secondary N) is 1. The molecule has 0 aliphatic rings. The topological polar surface area (TPSA) is 56.1 Å². The molecule has 0 saturated carbocycles. The third-order valence-electron chi connectivity index (χ3n) is 4.23. The Hall–Kier alpha value is -3.15. The van der Waals surface area contributed by atoms with Crippen LogP contribution in [0.5, 0.6) is 5.75 Å². The highest BCUT2D eigenvalue weighted by Crippen LogP contribution is 2.22. The average molecular weight is 353 g/mol. The number of ether oxygens (including phenoxy) is 1. The molecule has 26 heavy (non-hydrogen) atoms. The Kier molecular flexibility index (Phi) is 5.02. The Balaban J connectivity index is 1.71. The van der Waals surface area contributed by atoms with Crippen LogP contribution in [-0.4, -0.2) is 22.8 Å². The molecule has 0 aliphatic carbocycles. The zero-order valence-electron chi connectivity index (χ0n) is 14.9. The summed E-state index contributed by atoms with van der Waals surface area (Å²) in [6.45, 7) is 3.77. The van der Waals surface area contributed by atoms with Crippen molar-refractivity contribution in [3.8, 4) is 11.4 Å². The van der Waals surface area contributed by atoms with E-state index in [2.05, 4.69) is 10.4 Å². The predicted octanol–water partition coefficient (Wildman–Crippen LogP) is 3.82. The van der Waals surface area contributed by atoms with Gasteiger partial charge in [0.1, 0.15) is 0 Å². The number of nitrogens with zero attached hydrogens (tertiary/aromatic N) is 2. The molecule has 0 spiro atoms. The second-order valence-electron chi connectivity index (χ2n) is 6.02. The maximum absolute atomic E-state index is 13.8. The summed E-state index contributed by atoms with van der Waals surface area (Å²) in [6.07, 6.45) is 1.73. The first-order valence-corrected chi connectivity index (χ1v) is 8.25. The van der Waals surface area contributed by atoms with E-state index in [1.165, 1.54) is 13.2 Å². The molecule has 1 N–H and O–H groups in total. The largest absolute Gasteiger partial charge is 0.494 e. The summed E-state index contributed by atoms with van der Waals surface area (Å²) in [6, 6.07) is 13.4. The lowest BCUT2D eigenvalue weighted by Crippen LogP contribution is -2.26. The van der Waals surface area contributed by atoms with Crippen molar-refractivity contribution in [2.45, 2.75) is 19.9 Å². The highest BCUT2D eigenvalue weighted by atomic mass is 19.1. The molecule has 1 amide bonds. The van der Waals surface area contributed by atoms with Gasteiger partial charge in [-0.05, 0) is 61.9 Å². The van der Waals surface area contributed by atoms with Crippen molar-refractivity contribution in [2.24, 2.45) is 0 Å². The van der Waals surface area contributed by atoms with Crippen molar-refractivity contribution in [1.82, 2.24) is 15.1 Å². The zero-order valence-corrected chi connectivity index (χ0v) is 14.9. The number of hydrogen-bond acceptors (Lipinski definition) is 3. The van der Waals surface area contributed by atoms with E-state index >= 15 is 0 Å². The highest BCUT2D eigenvalue weighted by Gasteiger charge is 2.14. The predicted molar refractivity (Wildman–Crippen MR) is 97.1 cm³/mol. The molecule has 0 fully saturated rings. The van der Waals surface area contributed by atoms with Crippen molar-refractivity contribution in [3.63, 3.8) is 0 Å². The van der Waals surface area contributed by atoms with Crippen LogP contribution in [0, 0.1) is 12.7 Å². The van der Waals surface area contributed by atoms with E-state index in [9.17, 15) is 9.18 Å². The summed E-state index contributed by atoms with van der Waals surface area (Å²) in [5.74, 6) is -0.501. The molecule has 0 saturated heterocycles. The quantitative estimate of drug-likeness (QED) is 0.759. The van der Waals surface area contributed by atoms with Gasteiger partial charge in [-0.1, -0.05) is 6.07 Å². The molecule has 0 aliphatic heterocycles. The van der Waals surface area contributed by atoms with Crippen LogP contribution in [0.25, 0.3) is 5.69 Å². The van der Waals surface area contributed by atoms with Crippen LogP contribution in [0.4, 0.5) is 4.39 Å². The normalized spacial score (nSPS) is 11.8. The maximum atomic E-state index is 13.8. The van der Waals surface area contributed by atoms with E-state index < -0.39 is 5.82 Å². The van der Waals surface area contributed by atoms with Gasteiger partial charge in [0.25, 0.3) is 5.91 Å². The third kappa shape index (κ3) is 3.59. The lowest BCUT2D eigenvalue weighted by atomic mass is 10.1. The third-order valence-corrected chi connectivity index (χ3v) is 4.23. The minimum Gasteiger partial charge on any atom is -0.494 e. The Morgan fingerprint density at radius 3 is 2.50 bits per heavy atom. The second kappa shape index (κ2) is 7.39. The summed E-state index contributed by atoms with van der Waals surface area (Å²) in [4.78, 5) is 12.4. The summed E-state index contributed by atoms with van der Waals surface area (Å²) >= 11 is 0. The van der Waals surface area contributed by atoms with Crippen LogP contribution in [0.3, 0.4) is 0 Å². The van der Waals surface area contributed by atoms with Gasteiger partial charge in [-0.2, -0.15) is 5.10 Å². The van der Waals surface area contributed by atoms with E-state index in [4.69, 9.17) is 4.74 Å². The molecule has 0 unspecified atom stereocenters. The molecule has 5 nitrogen and oxygen atoms in total. The number of amides is 1. The van der Waals surface area contributed by atoms with E-state index in [1.54, 1.807) is 42.1 Å². The second-order valence-corrected chi connectivity index (χ2v) is 6.02. The minimum atomic E-state index is -0.454. The van der Waals surface area contributed by atoms with Gasteiger partial charge in [-0.15, -0.1) is 0 Å². The number of carbonyl (C=O) groups is 1. The average Bonchev–Trinajstić information content (AvgIpc) is 3.07. The Morgan fingerprint density at radius 2 is 1.92 bits per heavy atom. The molecule has 3 aromatic rings. The van der Waals surface area contributed by atoms with E-state index in [-0.39, 0.29) is 17.7 Å². The Morgan fingerprint density at radius 1 is 1.19 bits per heavy atom. The molecule has 0 bridgehead atoms. The monoisotopic (exact) mass is 353 g/mol. The van der Waals surface area contributed by atoms with Crippen LogP contribution in [0.15, 0.2) is 54.7 Å². The lowest BCUT2D eigenvalue weighted by Gasteiger charge is -2.15. The molecule has 1 heterocycles. The molecule has 1 atom stereocenters. The number of benzene rings is 2. The molecule has 0 radical (unpaired) electrons. The highest BCUT2D eigenvalue weighted by molar-refractivity contribution is 5.94. The number of aryl methyl sites for hydroxylation is 1. The Labute approximate surface area is 151 Å². The minimum absolute atomic E-state index is 0.178. The van der Waals surface area contributed by atoms with Crippen LogP contribution in [0.1, 0.15) is 34.6 Å². The summed E-state index contributed by atoms with van der Waals surface area (Å²) < 4.78 is 20.5. The Bertz CT molecular complexity index is 919. The summed E-state index contributed by atoms with van der Waals surface area (Å²) in [5.41, 5.74) is 3.09. The fourth-order valence-corrected chi connectivity index (χ4v) is 2.71. The molecular formula is C20H20FN3O2. The van der Waals surface area contributed by atoms with Gasteiger partial charge in [0, 0.05) is 17.5 Å². The first kappa shape index (κ1) is 17.7. The fourth-order valence-electron chi connectivity index (χ4n) is 2.71. The number of methoxy groups -OCH3 is 1. The standard InChI is InChI=1S/C20H20FN3O2/c1-13-10-11-22-24(13)17-7-4-15(5-8-17)20(25)23-14(2)16-6-9-19(26-3)18(21)12-16/h4-12,14H,1-3H3,(H,23,25)/t14-/m0/s1. The van der Waals surface area contributed by atoms with Gasteiger partial charge in [0.05, 0.1) is 18.8 Å². The zero-order chi connectivity index (χ0) is 18.7. The number of rotatable bonds is 5. The lowest BCUT2D eigenvalue weighted by molar-refractivity contribution is 0.0940. The first-order valence-electron chi connectivity index (χ1n) is 8.25. The number of aromatic nitrogens is 2. The summed E-state index contributed by atoms with van der Waals surface area (Å²) in [7, 11) is 1.41. The molecule has 2 aromatic carbocycles. The van der Waals surface area contributed by atoms with E-state index in [1.807, 2.05) is 25.1 Å². The molecule has 3 rings (SSSR count). The SMILES string of the molecule is COc1ccc([C@H](C)NC(=O)c2ccc(-n3nccc3C)cc2)cc1F. The van der Waals surface area contributed by atoms with Crippen LogP contribution in [-0.2, 0) is 0 Å². The van der Waals surface area contributed by atoms with Crippen LogP contribution in [0.2, 0.25) is 0 Å². The smallest absolute Gasteiger partial charge is 0.251 e. The van der Waals surface area contributed by atoms with Crippen molar-refractivity contribution in [1.29, 1.82) is 0 Å². The van der Waals surface area contributed by atoms with Gasteiger partial charge in [0.2, 0.25) is 0 Å². The van der Waals surface area contributed by atoms with Crippen molar-refractivity contribution in [3.05, 3.63) is 77.4 Å². The van der Waals surface area contributed by atoms with Gasteiger partial charge in [0.15, 0.2) is 11.6 Å². The van der Waals surface area contributed by atoms with Crippen molar-refractivity contribution >= 4 is 5.91 Å². The van der Waals surface area contributed by atoms with Crippen LogP contribution >= 0.6 is 0 Å². The molecular weight excluding hydrogens is 333 g/mol. The van der Waals surface area contributed by atoms with Gasteiger partial charge >= 0.3 is 0 Å². The van der Waals surface area contributed by atoms with Crippen molar-refractivity contribution in [2.75, 3.05) is 7.11 Å². The van der Waals surface area contributed by atoms with Gasteiger partial charge in [-0.3, -0.25) is 4.79 Å². The molecule has 6 heteroatoms. The molecule has 1 aromatic heterocycles. The molecule has 134 valence electrons. The van der Waals surface area contributed by atoms with E-state index in [0.29, 0.717) is 11.1 Å². The summed E-state index contributed by atoms with van der Waals surface area (Å²) in [5, 5.41) is 7.12. The van der Waals surface area contributed by atoms with Gasteiger partial charge in [-0.25, -0.2) is 9.07 Å². The fraction of sp³-hybridized carbons (Fsp3) is 0.200. The van der Waals surface area contributed by atoms with Crippen LogP contribution < -0.4 is 10.1 Å². The number of carbonyl (C=O) groups excluding carboxylic acids is 1. The van der Waals surface area contributed by atoms with E-state index in [0.717, 1.165) is 11.4 Å². The maximum Gasteiger partial charge on any atom is 0.251 e.